The molecule has 1 amide bonds. The first-order chi connectivity index (χ1) is 10.0. The fourth-order valence-electron chi connectivity index (χ4n) is 1.37. The van der Waals surface area contributed by atoms with E-state index in [2.05, 4.69) is 15.0 Å². The second-order valence-corrected chi connectivity index (χ2v) is 5.00. The van der Waals surface area contributed by atoms with Crippen molar-refractivity contribution in [2.75, 3.05) is 19.4 Å². The van der Waals surface area contributed by atoms with Gasteiger partial charge in [0.25, 0.3) is 0 Å². The van der Waals surface area contributed by atoms with Gasteiger partial charge in [0.2, 0.25) is 5.91 Å². The number of aromatic carboxylic acids is 1. The molecular weight excluding hydrogens is 296 g/mol. The molecule has 0 saturated heterocycles. The van der Waals surface area contributed by atoms with Gasteiger partial charge >= 0.3 is 11.9 Å². The molecule has 1 aromatic rings. The number of nitrogens with zero attached hydrogens (tertiary/aromatic N) is 1. The van der Waals surface area contributed by atoms with Crippen molar-refractivity contribution >= 4 is 29.6 Å². The number of thioether (sulfide) groups is 1. The number of hydrogen-bond acceptors (Lipinski definition) is 6. The Morgan fingerprint density at radius 2 is 2.19 bits per heavy atom. The third-order valence-electron chi connectivity index (χ3n) is 2.44. The predicted molar refractivity (Wildman–Crippen MR) is 76.2 cm³/mol. The average Bonchev–Trinajstić information content (AvgIpc) is 2.49. The zero-order valence-electron chi connectivity index (χ0n) is 11.5. The van der Waals surface area contributed by atoms with Crippen LogP contribution in [0.3, 0.4) is 0 Å². The number of aromatic nitrogens is 1. The molecule has 0 spiro atoms. The number of methoxy groups -OCH3 is 1. The second-order valence-electron chi connectivity index (χ2n) is 4.01. The minimum Gasteiger partial charge on any atom is -0.478 e. The number of ether oxygens (including phenoxy) is 1. The first-order valence-corrected chi connectivity index (χ1v) is 7.17. The van der Waals surface area contributed by atoms with Crippen LogP contribution in [0.5, 0.6) is 0 Å². The number of rotatable bonds is 8. The largest absolute Gasteiger partial charge is 0.478 e. The van der Waals surface area contributed by atoms with Gasteiger partial charge in [-0.15, -0.1) is 0 Å². The molecule has 0 aromatic carbocycles. The number of nitrogens with one attached hydrogen (secondary N) is 1. The van der Waals surface area contributed by atoms with E-state index in [1.165, 1.54) is 25.4 Å². The number of amides is 1. The van der Waals surface area contributed by atoms with E-state index in [0.29, 0.717) is 18.0 Å². The molecule has 1 heterocycles. The van der Waals surface area contributed by atoms with Crippen LogP contribution in [-0.2, 0) is 14.3 Å². The normalized spacial score (nSPS) is 9.95. The lowest BCUT2D eigenvalue weighted by Gasteiger charge is -2.05. The first-order valence-electron chi connectivity index (χ1n) is 6.18. The number of carbonyl (C=O) groups is 3. The number of esters is 1. The van der Waals surface area contributed by atoms with Gasteiger partial charge in [-0.25, -0.2) is 9.78 Å². The summed E-state index contributed by atoms with van der Waals surface area (Å²) >= 11 is 1.15. The monoisotopic (exact) mass is 312 g/mol. The molecule has 0 aliphatic carbocycles. The molecule has 0 bridgehead atoms. The quantitative estimate of drug-likeness (QED) is 0.418. The summed E-state index contributed by atoms with van der Waals surface area (Å²) in [5.41, 5.74) is 0.131. The van der Waals surface area contributed by atoms with Crippen LogP contribution in [0.15, 0.2) is 23.4 Å². The summed E-state index contributed by atoms with van der Waals surface area (Å²) in [7, 11) is 1.32. The van der Waals surface area contributed by atoms with Gasteiger partial charge in [-0.1, -0.05) is 11.8 Å². The third-order valence-corrected chi connectivity index (χ3v) is 3.37. The maximum Gasteiger partial charge on any atom is 0.335 e. The van der Waals surface area contributed by atoms with Gasteiger partial charge in [-0.3, -0.25) is 9.59 Å². The van der Waals surface area contributed by atoms with E-state index in [4.69, 9.17) is 5.11 Å². The number of pyridine rings is 1. The van der Waals surface area contributed by atoms with Gasteiger partial charge in [0.1, 0.15) is 0 Å². The molecule has 0 aliphatic heterocycles. The summed E-state index contributed by atoms with van der Waals surface area (Å²) in [4.78, 5) is 37.2. The van der Waals surface area contributed by atoms with Crippen LogP contribution in [0.4, 0.5) is 0 Å². The Morgan fingerprint density at radius 1 is 1.43 bits per heavy atom. The maximum absolute atomic E-state index is 11.6. The highest BCUT2D eigenvalue weighted by Crippen LogP contribution is 2.15. The van der Waals surface area contributed by atoms with Crippen molar-refractivity contribution in [3.05, 3.63) is 23.9 Å². The predicted octanol–water partition coefficient (Wildman–Crippen LogP) is 0.941. The Kier molecular flexibility index (Phi) is 7.24. The highest BCUT2D eigenvalue weighted by atomic mass is 32.2. The Bertz CT molecular complexity index is 521. The maximum atomic E-state index is 11.6. The SMILES string of the molecule is COC(=O)CCCNC(=O)CSc1cc(C(=O)O)ccn1. The summed E-state index contributed by atoms with van der Waals surface area (Å²) in [6.45, 7) is 0.386. The molecule has 0 aliphatic rings. The summed E-state index contributed by atoms with van der Waals surface area (Å²) < 4.78 is 4.48. The zero-order valence-corrected chi connectivity index (χ0v) is 12.3. The molecule has 114 valence electrons. The molecule has 0 fully saturated rings. The molecule has 1 rings (SSSR count). The molecule has 2 N–H and O–H groups in total. The molecule has 0 radical (unpaired) electrons. The van der Waals surface area contributed by atoms with Crippen molar-refractivity contribution in [1.29, 1.82) is 0 Å². The lowest BCUT2D eigenvalue weighted by Crippen LogP contribution is -2.26. The van der Waals surface area contributed by atoms with Gasteiger partial charge in [0.05, 0.1) is 23.5 Å². The minimum absolute atomic E-state index is 0.131. The third kappa shape index (κ3) is 6.75. The van der Waals surface area contributed by atoms with E-state index in [-0.39, 0.29) is 29.6 Å². The number of carboxylic acid groups (broad SMARTS) is 1. The highest BCUT2D eigenvalue weighted by molar-refractivity contribution is 7.99. The van der Waals surface area contributed by atoms with Crippen LogP contribution >= 0.6 is 11.8 Å². The Hall–Kier alpha value is -2.09. The minimum atomic E-state index is -1.04. The molecular formula is C13H16N2O5S. The van der Waals surface area contributed by atoms with E-state index < -0.39 is 5.97 Å². The lowest BCUT2D eigenvalue weighted by atomic mass is 10.3. The summed E-state index contributed by atoms with van der Waals surface area (Å²) in [5.74, 6) is -1.42. The molecule has 0 atom stereocenters. The summed E-state index contributed by atoms with van der Waals surface area (Å²) in [5, 5.41) is 12.0. The molecule has 0 unspecified atom stereocenters. The average molecular weight is 312 g/mol. The van der Waals surface area contributed by atoms with Gasteiger partial charge < -0.3 is 15.2 Å². The van der Waals surface area contributed by atoms with Crippen molar-refractivity contribution in [3.63, 3.8) is 0 Å². The van der Waals surface area contributed by atoms with E-state index in [1.807, 2.05) is 0 Å². The van der Waals surface area contributed by atoms with Crippen LogP contribution in [0, 0.1) is 0 Å². The number of hydrogen-bond donors (Lipinski definition) is 2. The smallest absolute Gasteiger partial charge is 0.335 e. The van der Waals surface area contributed by atoms with Crippen LogP contribution in [-0.4, -0.2) is 47.3 Å². The molecule has 7 nitrogen and oxygen atoms in total. The van der Waals surface area contributed by atoms with Crippen molar-refractivity contribution in [1.82, 2.24) is 10.3 Å². The van der Waals surface area contributed by atoms with Crippen molar-refractivity contribution in [2.45, 2.75) is 17.9 Å². The van der Waals surface area contributed by atoms with Crippen LogP contribution in [0.2, 0.25) is 0 Å². The Labute approximate surface area is 126 Å². The topological polar surface area (TPSA) is 106 Å². The van der Waals surface area contributed by atoms with E-state index in [0.717, 1.165) is 11.8 Å². The highest BCUT2D eigenvalue weighted by Gasteiger charge is 2.07. The summed E-state index contributed by atoms with van der Waals surface area (Å²) in [6, 6.07) is 2.80. The van der Waals surface area contributed by atoms with E-state index in [9.17, 15) is 14.4 Å². The van der Waals surface area contributed by atoms with Crippen LogP contribution in [0.25, 0.3) is 0 Å². The van der Waals surface area contributed by atoms with E-state index in [1.54, 1.807) is 0 Å². The van der Waals surface area contributed by atoms with Crippen LogP contribution in [0.1, 0.15) is 23.2 Å². The molecule has 8 heteroatoms. The fourth-order valence-corrected chi connectivity index (χ4v) is 2.10. The number of carbonyl (C=O) groups excluding carboxylic acids is 2. The fraction of sp³-hybridized carbons (Fsp3) is 0.385. The van der Waals surface area contributed by atoms with Gasteiger partial charge in [0.15, 0.2) is 0 Å². The lowest BCUT2D eigenvalue weighted by molar-refractivity contribution is -0.140. The Morgan fingerprint density at radius 3 is 2.86 bits per heavy atom. The summed E-state index contributed by atoms with van der Waals surface area (Å²) in [6.07, 6.45) is 2.15. The standard InChI is InChI=1S/C13H16N2O5S/c1-20-12(17)3-2-5-14-10(16)8-21-11-7-9(13(18)19)4-6-15-11/h4,6-7H,2-3,5,8H2,1H3,(H,14,16)(H,18,19). The Balaban J connectivity index is 2.28. The van der Waals surface area contributed by atoms with Crippen molar-refractivity contribution in [3.8, 4) is 0 Å². The number of carboxylic acids is 1. The first kappa shape index (κ1) is 17.0. The van der Waals surface area contributed by atoms with E-state index >= 15 is 0 Å². The van der Waals surface area contributed by atoms with Crippen molar-refractivity contribution in [2.24, 2.45) is 0 Å². The van der Waals surface area contributed by atoms with Crippen molar-refractivity contribution < 1.29 is 24.2 Å². The van der Waals surface area contributed by atoms with Gasteiger partial charge in [-0.2, -0.15) is 0 Å². The van der Waals surface area contributed by atoms with Gasteiger partial charge in [0, 0.05) is 19.2 Å². The van der Waals surface area contributed by atoms with Crippen LogP contribution < -0.4 is 5.32 Å². The second kappa shape index (κ2) is 8.96. The molecule has 21 heavy (non-hydrogen) atoms. The molecule has 0 saturated carbocycles. The molecule has 1 aromatic heterocycles. The zero-order chi connectivity index (χ0) is 15.7. The van der Waals surface area contributed by atoms with Gasteiger partial charge in [-0.05, 0) is 18.6 Å².